The molecule has 0 bridgehead atoms. The van der Waals surface area contributed by atoms with Gasteiger partial charge in [0.1, 0.15) is 16.9 Å². The van der Waals surface area contributed by atoms with Gasteiger partial charge in [-0.15, -0.1) is 0 Å². The van der Waals surface area contributed by atoms with Crippen LogP contribution in [0.25, 0.3) is 6.08 Å². The van der Waals surface area contributed by atoms with Crippen molar-refractivity contribution < 1.29 is 19.5 Å². The highest BCUT2D eigenvalue weighted by atomic mass is 79.9. The van der Waals surface area contributed by atoms with Gasteiger partial charge in [-0.2, -0.15) is 0 Å². The van der Waals surface area contributed by atoms with Crippen LogP contribution in [-0.4, -0.2) is 44.7 Å². The largest absolute Gasteiger partial charge is 0.480 e. The van der Waals surface area contributed by atoms with Gasteiger partial charge in [-0.25, -0.2) is 0 Å². The lowest BCUT2D eigenvalue weighted by Gasteiger charge is -2.15. The van der Waals surface area contributed by atoms with Crippen molar-refractivity contribution >= 4 is 68.1 Å². The van der Waals surface area contributed by atoms with Gasteiger partial charge in [0, 0.05) is 4.47 Å². The second-order valence-electron chi connectivity index (χ2n) is 4.95. The smallest absolute Gasteiger partial charge is 0.325 e. The van der Waals surface area contributed by atoms with Gasteiger partial charge < -0.3 is 10.4 Å². The third-order valence-electron chi connectivity index (χ3n) is 3.07. The lowest BCUT2D eigenvalue weighted by Crippen LogP contribution is -2.45. The van der Waals surface area contributed by atoms with E-state index in [1.807, 2.05) is 24.3 Å². The van der Waals surface area contributed by atoms with E-state index in [-0.39, 0.29) is 16.8 Å². The highest BCUT2D eigenvalue weighted by Crippen LogP contribution is 2.32. The molecule has 1 aliphatic heterocycles. The average Bonchev–Trinajstić information content (AvgIpc) is 2.74. The molecule has 0 radical (unpaired) electrons. The standard InChI is InChI=1S/C15H13BrN2O4S2/c1-8(14(21)22)17-12(19)7-18-13(20)11(24-15(18)23)6-9-3-2-4-10(16)5-9/h2-6,8H,7H2,1H3,(H,17,19)(H,21,22)/b11-6-. The van der Waals surface area contributed by atoms with Crippen LogP contribution in [0.5, 0.6) is 0 Å². The Morgan fingerprint density at radius 2 is 2.21 bits per heavy atom. The van der Waals surface area contributed by atoms with Crippen molar-refractivity contribution in [2.45, 2.75) is 13.0 Å². The van der Waals surface area contributed by atoms with Crippen LogP contribution in [0.2, 0.25) is 0 Å². The molecule has 1 saturated heterocycles. The maximum absolute atomic E-state index is 12.4. The van der Waals surface area contributed by atoms with Crippen LogP contribution in [-0.2, 0) is 14.4 Å². The first kappa shape index (κ1) is 18.6. The number of carboxylic acid groups (broad SMARTS) is 1. The summed E-state index contributed by atoms with van der Waals surface area (Å²) in [4.78, 5) is 36.6. The van der Waals surface area contributed by atoms with Crippen molar-refractivity contribution in [1.29, 1.82) is 0 Å². The Bertz CT molecular complexity index is 751. The average molecular weight is 429 g/mol. The van der Waals surface area contributed by atoms with Crippen molar-refractivity contribution in [3.8, 4) is 0 Å². The number of halogens is 1. The summed E-state index contributed by atoms with van der Waals surface area (Å²) in [6.07, 6.45) is 1.70. The normalized spacial score (nSPS) is 17.2. The molecule has 0 aromatic heterocycles. The van der Waals surface area contributed by atoms with Crippen LogP contribution in [0, 0.1) is 0 Å². The fourth-order valence-electron chi connectivity index (χ4n) is 1.88. The van der Waals surface area contributed by atoms with Crippen molar-refractivity contribution in [2.24, 2.45) is 0 Å². The van der Waals surface area contributed by atoms with Crippen molar-refractivity contribution in [3.05, 3.63) is 39.2 Å². The molecular weight excluding hydrogens is 416 g/mol. The first-order valence-electron chi connectivity index (χ1n) is 6.81. The zero-order chi connectivity index (χ0) is 17.9. The number of amides is 2. The van der Waals surface area contributed by atoms with E-state index in [2.05, 4.69) is 21.2 Å². The van der Waals surface area contributed by atoms with Crippen molar-refractivity contribution in [2.75, 3.05) is 6.54 Å². The third kappa shape index (κ3) is 4.65. The molecule has 1 fully saturated rings. The zero-order valence-electron chi connectivity index (χ0n) is 12.5. The molecule has 2 amide bonds. The number of aliphatic carboxylic acids is 1. The molecule has 1 aromatic rings. The van der Waals surface area contributed by atoms with E-state index >= 15 is 0 Å². The lowest BCUT2D eigenvalue weighted by atomic mass is 10.2. The number of nitrogens with one attached hydrogen (secondary N) is 1. The maximum Gasteiger partial charge on any atom is 0.325 e. The number of carbonyl (C=O) groups excluding carboxylic acids is 2. The molecule has 6 nitrogen and oxygen atoms in total. The van der Waals surface area contributed by atoms with E-state index in [0.29, 0.717) is 4.91 Å². The van der Waals surface area contributed by atoms with E-state index in [4.69, 9.17) is 17.3 Å². The monoisotopic (exact) mass is 428 g/mol. The molecule has 24 heavy (non-hydrogen) atoms. The van der Waals surface area contributed by atoms with Crippen LogP contribution < -0.4 is 5.32 Å². The maximum atomic E-state index is 12.4. The molecule has 9 heteroatoms. The number of carbonyl (C=O) groups is 3. The topological polar surface area (TPSA) is 86.7 Å². The second kappa shape index (κ2) is 7.91. The fraction of sp³-hybridized carbons (Fsp3) is 0.200. The molecule has 1 aromatic carbocycles. The van der Waals surface area contributed by atoms with Gasteiger partial charge >= 0.3 is 5.97 Å². The Morgan fingerprint density at radius 1 is 1.50 bits per heavy atom. The molecular formula is C15H13BrN2O4S2. The van der Waals surface area contributed by atoms with Gasteiger partial charge in [0.2, 0.25) is 5.91 Å². The summed E-state index contributed by atoms with van der Waals surface area (Å²) >= 11 is 9.61. The Balaban J connectivity index is 2.09. The molecule has 2 N–H and O–H groups in total. The first-order chi connectivity index (χ1) is 11.3. The van der Waals surface area contributed by atoms with Gasteiger partial charge in [-0.3, -0.25) is 19.3 Å². The zero-order valence-corrected chi connectivity index (χ0v) is 15.7. The molecule has 1 aliphatic rings. The highest BCUT2D eigenvalue weighted by molar-refractivity contribution is 9.10. The summed E-state index contributed by atoms with van der Waals surface area (Å²) in [5.41, 5.74) is 0.828. The summed E-state index contributed by atoms with van der Waals surface area (Å²) in [5, 5.41) is 11.1. The van der Waals surface area contributed by atoms with E-state index < -0.39 is 17.9 Å². The lowest BCUT2D eigenvalue weighted by molar-refractivity contribution is -0.141. The van der Waals surface area contributed by atoms with Gasteiger partial charge in [0.25, 0.3) is 5.91 Å². The van der Waals surface area contributed by atoms with E-state index in [9.17, 15) is 14.4 Å². The Kier molecular flexibility index (Phi) is 6.14. The van der Waals surface area contributed by atoms with E-state index in [1.54, 1.807) is 6.08 Å². The number of hydrogen-bond acceptors (Lipinski definition) is 5. The number of nitrogens with zero attached hydrogens (tertiary/aromatic N) is 1. The number of thioether (sulfide) groups is 1. The number of rotatable bonds is 5. The summed E-state index contributed by atoms with van der Waals surface area (Å²) < 4.78 is 1.15. The number of thiocarbonyl (C=S) groups is 1. The minimum atomic E-state index is -1.15. The van der Waals surface area contributed by atoms with Crippen LogP contribution in [0.15, 0.2) is 33.6 Å². The SMILES string of the molecule is CC(NC(=O)CN1C(=O)/C(=C/c2cccc(Br)c2)SC1=S)C(=O)O. The van der Waals surface area contributed by atoms with E-state index in [0.717, 1.165) is 26.7 Å². The number of hydrogen-bond donors (Lipinski definition) is 2. The molecule has 126 valence electrons. The Hall–Kier alpha value is -1.71. The third-order valence-corrected chi connectivity index (χ3v) is 4.94. The van der Waals surface area contributed by atoms with Crippen LogP contribution >= 0.6 is 39.9 Å². The molecule has 2 rings (SSSR count). The molecule has 1 atom stereocenters. The predicted octanol–water partition coefficient (Wildman–Crippen LogP) is 2.24. The fourth-order valence-corrected chi connectivity index (χ4v) is 3.55. The minimum absolute atomic E-state index is 0.263. The summed E-state index contributed by atoms with van der Waals surface area (Å²) in [6, 6.07) is 6.38. The van der Waals surface area contributed by atoms with Crippen LogP contribution in [0.4, 0.5) is 0 Å². The highest BCUT2D eigenvalue weighted by Gasteiger charge is 2.33. The Morgan fingerprint density at radius 3 is 2.83 bits per heavy atom. The molecule has 0 aliphatic carbocycles. The Labute approximate surface area is 156 Å². The van der Waals surface area contributed by atoms with Gasteiger partial charge in [0.15, 0.2) is 0 Å². The minimum Gasteiger partial charge on any atom is -0.480 e. The van der Waals surface area contributed by atoms with Crippen LogP contribution in [0.3, 0.4) is 0 Å². The molecule has 0 saturated carbocycles. The number of benzene rings is 1. The van der Waals surface area contributed by atoms with Crippen molar-refractivity contribution in [3.63, 3.8) is 0 Å². The predicted molar refractivity (Wildman–Crippen MR) is 99.3 cm³/mol. The molecule has 1 heterocycles. The first-order valence-corrected chi connectivity index (χ1v) is 8.83. The molecule has 0 spiro atoms. The van der Waals surface area contributed by atoms with Gasteiger partial charge in [-0.05, 0) is 30.7 Å². The number of carboxylic acids is 1. The summed E-state index contributed by atoms with van der Waals surface area (Å²) in [6.45, 7) is 1.04. The summed E-state index contributed by atoms with van der Waals surface area (Å²) in [7, 11) is 0. The van der Waals surface area contributed by atoms with E-state index in [1.165, 1.54) is 6.92 Å². The van der Waals surface area contributed by atoms with Gasteiger partial charge in [-0.1, -0.05) is 52.0 Å². The van der Waals surface area contributed by atoms with Gasteiger partial charge in [0.05, 0.1) is 4.91 Å². The second-order valence-corrected chi connectivity index (χ2v) is 7.54. The van der Waals surface area contributed by atoms with Crippen molar-refractivity contribution in [1.82, 2.24) is 10.2 Å². The molecule has 1 unspecified atom stereocenters. The quantitative estimate of drug-likeness (QED) is 0.552. The summed E-state index contributed by atoms with van der Waals surface area (Å²) in [5.74, 6) is -2.10. The van der Waals surface area contributed by atoms with Crippen LogP contribution in [0.1, 0.15) is 12.5 Å².